The minimum atomic E-state index is -4.32. The normalized spacial score (nSPS) is 23.4. The molecule has 0 fully saturated rings. The fourth-order valence-corrected chi connectivity index (χ4v) is 2.92. The Morgan fingerprint density at radius 2 is 1.94 bits per heavy atom. The molecule has 6 heteroatoms. The van der Waals surface area contributed by atoms with Crippen LogP contribution in [0.25, 0.3) is 0 Å². The predicted molar refractivity (Wildman–Crippen MR) is 65.7 cm³/mol. The lowest BCUT2D eigenvalue weighted by atomic mass is 9.86. The maximum Gasteiger partial charge on any atom is 0.441 e. The fraction of sp³-hybridized carbons (Fsp3) is 0.417. The summed E-state index contributed by atoms with van der Waals surface area (Å²) in [7, 11) is 1.59. The summed E-state index contributed by atoms with van der Waals surface area (Å²) in [6.45, 7) is 1.57. The van der Waals surface area contributed by atoms with E-state index in [4.69, 9.17) is 0 Å². The topological polar surface area (TPSA) is 20.3 Å². The molecule has 0 spiro atoms. The van der Waals surface area contributed by atoms with Crippen LogP contribution in [0.5, 0.6) is 0 Å². The Morgan fingerprint density at radius 3 is 2.56 bits per heavy atom. The summed E-state index contributed by atoms with van der Waals surface area (Å²) in [5.74, 6) is -0.586. The standard InChI is InChI=1S/C12H12F3NOS/c1-11(7-18-12(13,14)15)8-5-3-4-6-9(8)16(2)10(11)17/h3-6H,7H2,1-2H3/t11-/m0/s1. The van der Waals surface area contributed by atoms with Gasteiger partial charge in [0.1, 0.15) is 0 Å². The molecular weight excluding hydrogens is 263 g/mol. The highest BCUT2D eigenvalue weighted by atomic mass is 32.2. The van der Waals surface area contributed by atoms with E-state index in [9.17, 15) is 18.0 Å². The van der Waals surface area contributed by atoms with E-state index in [2.05, 4.69) is 0 Å². The van der Waals surface area contributed by atoms with Crippen LogP contribution in [-0.2, 0) is 10.2 Å². The van der Waals surface area contributed by atoms with E-state index in [1.807, 2.05) is 0 Å². The third-order valence-corrected chi connectivity index (χ3v) is 4.21. The fourth-order valence-electron chi connectivity index (χ4n) is 2.19. The number of hydrogen-bond acceptors (Lipinski definition) is 2. The number of fused-ring (bicyclic) bond motifs is 1. The summed E-state index contributed by atoms with van der Waals surface area (Å²) in [6, 6.07) is 6.97. The van der Waals surface area contributed by atoms with E-state index in [-0.39, 0.29) is 23.4 Å². The third-order valence-electron chi connectivity index (χ3n) is 3.16. The number of rotatable bonds is 2. The predicted octanol–water partition coefficient (Wildman–Crippen LogP) is 3.17. The molecule has 1 amide bonds. The van der Waals surface area contributed by atoms with Gasteiger partial charge in [0, 0.05) is 18.5 Å². The van der Waals surface area contributed by atoms with Crippen molar-refractivity contribution < 1.29 is 18.0 Å². The summed E-state index contributed by atoms with van der Waals surface area (Å²) >= 11 is -0.148. The molecule has 18 heavy (non-hydrogen) atoms. The maximum atomic E-state index is 12.3. The lowest BCUT2D eigenvalue weighted by Gasteiger charge is -2.23. The molecule has 0 unspecified atom stereocenters. The van der Waals surface area contributed by atoms with E-state index < -0.39 is 10.9 Å². The minimum Gasteiger partial charge on any atom is -0.314 e. The number of amides is 1. The zero-order valence-electron chi connectivity index (χ0n) is 9.91. The van der Waals surface area contributed by atoms with E-state index >= 15 is 0 Å². The average molecular weight is 275 g/mol. The number of hydrogen-bond donors (Lipinski definition) is 0. The lowest BCUT2D eigenvalue weighted by Crippen LogP contribution is -2.38. The van der Waals surface area contributed by atoms with Crippen LogP contribution in [-0.4, -0.2) is 24.2 Å². The van der Waals surface area contributed by atoms with Gasteiger partial charge in [-0.05, 0) is 30.3 Å². The van der Waals surface area contributed by atoms with Crippen LogP contribution >= 0.6 is 11.8 Å². The largest absolute Gasteiger partial charge is 0.441 e. The van der Waals surface area contributed by atoms with E-state index in [1.54, 1.807) is 38.2 Å². The first-order chi connectivity index (χ1) is 8.26. The molecule has 1 aliphatic rings. The second kappa shape index (κ2) is 4.19. The van der Waals surface area contributed by atoms with Gasteiger partial charge >= 0.3 is 5.51 Å². The van der Waals surface area contributed by atoms with Crippen molar-refractivity contribution in [1.29, 1.82) is 0 Å². The van der Waals surface area contributed by atoms with Gasteiger partial charge in [0.05, 0.1) is 5.41 Å². The zero-order valence-corrected chi connectivity index (χ0v) is 10.7. The van der Waals surface area contributed by atoms with Crippen molar-refractivity contribution in [3.05, 3.63) is 29.8 Å². The Hall–Kier alpha value is -1.17. The van der Waals surface area contributed by atoms with Gasteiger partial charge in [-0.3, -0.25) is 4.79 Å². The van der Waals surface area contributed by atoms with Crippen molar-refractivity contribution in [2.45, 2.75) is 17.8 Å². The molecule has 0 bridgehead atoms. The van der Waals surface area contributed by atoms with Gasteiger partial charge in [-0.15, -0.1) is 0 Å². The first-order valence-electron chi connectivity index (χ1n) is 5.34. The molecule has 0 saturated heterocycles. The van der Waals surface area contributed by atoms with Crippen molar-refractivity contribution in [3.8, 4) is 0 Å². The number of likely N-dealkylation sites (N-methyl/N-ethyl adjacent to an activating group) is 1. The average Bonchev–Trinajstić information content (AvgIpc) is 2.50. The Labute approximate surface area is 107 Å². The molecule has 98 valence electrons. The van der Waals surface area contributed by atoms with Gasteiger partial charge in [-0.25, -0.2) is 0 Å². The number of carbonyl (C=O) groups is 1. The Balaban J connectivity index is 2.35. The number of benzene rings is 1. The molecule has 2 nitrogen and oxygen atoms in total. The molecule has 0 radical (unpaired) electrons. The molecule has 1 aromatic rings. The van der Waals surface area contributed by atoms with Crippen molar-refractivity contribution >= 4 is 23.4 Å². The first-order valence-corrected chi connectivity index (χ1v) is 6.32. The van der Waals surface area contributed by atoms with Gasteiger partial charge in [0.2, 0.25) is 5.91 Å². The maximum absolute atomic E-state index is 12.3. The summed E-state index contributed by atoms with van der Waals surface area (Å²) in [5.41, 5.74) is -4.08. The quantitative estimate of drug-likeness (QED) is 0.826. The number of alkyl halides is 3. The highest BCUT2D eigenvalue weighted by Gasteiger charge is 2.47. The molecule has 0 aliphatic carbocycles. The molecule has 1 aromatic carbocycles. The summed E-state index contributed by atoms with van der Waals surface area (Å²) < 4.78 is 37.0. The van der Waals surface area contributed by atoms with Crippen LogP contribution in [0.4, 0.5) is 18.9 Å². The minimum absolute atomic E-state index is 0.148. The van der Waals surface area contributed by atoms with Crippen LogP contribution in [0.15, 0.2) is 24.3 Å². The van der Waals surface area contributed by atoms with Gasteiger partial charge in [-0.1, -0.05) is 18.2 Å². The van der Waals surface area contributed by atoms with Crippen molar-refractivity contribution in [1.82, 2.24) is 0 Å². The molecule has 0 N–H and O–H groups in total. The SMILES string of the molecule is CN1C(=O)[C@@](C)(CSC(F)(F)F)c2ccccc21. The van der Waals surface area contributed by atoms with Crippen LogP contribution in [0.2, 0.25) is 0 Å². The molecule has 0 aromatic heterocycles. The highest BCUT2D eigenvalue weighted by Crippen LogP contribution is 2.45. The Morgan fingerprint density at radius 1 is 1.33 bits per heavy atom. The third kappa shape index (κ3) is 2.09. The van der Waals surface area contributed by atoms with Crippen LogP contribution in [0, 0.1) is 0 Å². The van der Waals surface area contributed by atoms with Crippen LogP contribution in [0.1, 0.15) is 12.5 Å². The number of thioether (sulfide) groups is 1. The summed E-state index contributed by atoms with van der Waals surface area (Å²) in [4.78, 5) is 13.6. The van der Waals surface area contributed by atoms with Gasteiger partial charge in [0.15, 0.2) is 0 Å². The highest BCUT2D eigenvalue weighted by molar-refractivity contribution is 8.00. The molecule has 1 heterocycles. The number of para-hydroxylation sites is 1. The molecule has 0 saturated carbocycles. The number of anilines is 1. The van der Waals surface area contributed by atoms with Crippen LogP contribution < -0.4 is 4.90 Å². The molecule has 1 aliphatic heterocycles. The van der Waals surface area contributed by atoms with Gasteiger partial charge in [-0.2, -0.15) is 13.2 Å². The van der Waals surface area contributed by atoms with Crippen molar-refractivity contribution in [2.24, 2.45) is 0 Å². The second-order valence-electron chi connectivity index (χ2n) is 4.45. The van der Waals surface area contributed by atoms with E-state index in [0.29, 0.717) is 11.3 Å². The monoisotopic (exact) mass is 275 g/mol. The molecule has 1 atom stereocenters. The summed E-state index contributed by atoms with van der Waals surface area (Å²) in [5, 5.41) is 0. The number of carbonyl (C=O) groups excluding carboxylic acids is 1. The van der Waals surface area contributed by atoms with E-state index in [0.717, 1.165) is 0 Å². The number of halogens is 3. The molecular formula is C12H12F3NOS. The Kier molecular flexibility index (Phi) is 3.09. The van der Waals surface area contributed by atoms with Gasteiger partial charge in [0.25, 0.3) is 0 Å². The molecule has 2 rings (SSSR count). The first kappa shape index (κ1) is 13.3. The number of nitrogens with zero attached hydrogens (tertiary/aromatic N) is 1. The van der Waals surface area contributed by atoms with Crippen molar-refractivity contribution in [3.63, 3.8) is 0 Å². The smallest absolute Gasteiger partial charge is 0.314 e. The zero-order chi connectivity index (χ0) is 13.6. The van der Waals surface area contributed by atoms with Crippen molar-refractivity contribution in [2.75, 3.05) is 17.7 Å². The van der Waals surface area contributed by atoms with Crippen LogP contribution in [0.3, 0.4) is 0 Å². The summed E-state index contributed by atoms with van der Waals surface area (Å²) in [6.07, 6.45) is 0. The van der Waals surface area contributed by atoms with Gasteiger partial charge < -0.3 is 4.90 Å². The van der Waals surface area contributed by atoms with E-state index in [1.165, 1.54) is 4.90 Å². The second-order valence-corrected chi connectivity index (χ2v) is 5.49. The Bertz CT molecular complexity index is 488. The lowest BCUT2D eigenvalue weighted by molar-refractivity contribution is -0.121.